The number of benzene rings is 2. The molecule has 0 unspecified atom stereocenters. The lowest BCUT2D eigenvalue weighted by atomic mass is 10.1. The summed E-state index contributed by atoms with van der Waals surface area (Å²) < 4.78 is 4.72. The molecular formula is C21H22N4O2. The second-order valence-corrected chi connectivity index (χ2v) is 5.95. The third-order valence-electron chi connectivity index (χ3n) is 3.91. The maximum atomic E-state index is 11.6. The molecule has 0 saturated heterocycles. The van der Waals surface area contributed by atoms with Gasteiger partial charge in [-0.25, -0.2) is 9.78 Å². The number of methoxy groups -OCH3 is 1. The Labute approximate surface area is 158 Å². The van der Waals surface area contributed by atoms with E-state index in [0.717, 1.165) is 29.9 Å². The van der Waals surface area contributed by atoms with E-state index in [-0.39, 0.29) is 5.97 Å². The number of anilines is 3. The average molecular weight is 362 g/mol. The lowest BCUT2D eigenvalue weighted by Gasteiger charge is -2.11. The molecule has 0 aliphatic carbocycles. The fourth-order valence-corrected chi connectivity index (χ4v) is 2.54. The molecule has 2 aromatic carbocycles. The molecule has 0 amide bonds. The van der Waals surface area contributed by atoms with E-state index >= 15 is 0 Å². The number of esters is 1. The number of nitrogens with one attached hydrogen (secondary N) is 2. The number of nitrogens with zero attached hydrogens (tertiary/aromatic N) is 2. The van der Waals surface area contributed by atoms with Crippen molar-refractivity contribution in [1.82, 2.24) is 9.97 Å². The van der Waals surface area contributed by atoms with Crippen LogP contribution in [0.2, 0.25) is 0 Å². The highest BCUT2D eigenvalue weighted by atomic mass is 16.5. The predicted molar refractivity (Wildman–Crippen MR) is 107 cm³/mol. The van der Waals surface area contributed by atoms with E-state index in [4.69, 9.17) is 4.74 Å². The van der Waals surface area contributed by atoms with Crippen LogP contribution >= 0.6 is 0 Å². The molecule has 3 rings (SSSR count). The third-order valence-corrected chi connectivity index (χ3v) is 3.91. The van der Waals surface area contributed by atoms with E-state index in [1.54, 1.807) is 12.1 Å². The Bertz CT molecular complexity index is 896. The smallest absolute Gasteiger partial charge is 0.337 e. The van der Waals surface area contributed by atoms with Crippen molar-refractivity contribution in [2.75, 3.05) is 24.3 Å². The van der Waals surface area contributed by atoms with Crippen LogP contribution in [0.1, 0.15) is 23.7 Å². The fraction of sp³-hybridized carbons (Fsp3) is 0.190. The van der Waals surface area contributed by atoms with E-state index in [0.29, 0.717) is 17.3 Å². The van der Waals surface area contributed by atoms with E-state index in [1.807, 2.05) is 48.5 Å². The summed E-state index contributed by atoms with van der Waals surface area (Å²) >= 11 is 0. The van der Waals surface area contributed by atoms with E-state index in [9.17, 15) is 4.79 Å². The van der Waals surface area contributed by atoms with Crippen molar-refractivity contribution in [2.24, 2.45) is 0 Å². The van der Waals surface area contributed by atoms with Gasteiger partial charge in [0, 0.05) is 23.9 Å². The molecule has 0 bridgehead atoms. The highest BCUT2D eigenvalue weighted by molar-refractivity contribution is 5.89. The van der Waals surface area contributed by atoms with Crippen LogP contribution in [0.3, 0.4) is 0 Å². The second-order valence-electron chi connectivity index (χ2n) is 5.95. The summed E-state index contributed by atoms with van der Waals surface area (Å²) in [6.45, 7) is 2.89. The Hall–Kier alpha value is -3.41. The van der Waals surface area contributed by atoms with E-state index in [2.05, 4.69) is 27.5 Å². The molecule has 0 spiro atoms. The number of ether oxygens (including phenoxy) is 1. The molecular weight excluding hydrogens is 340 g/mol. The second kappa shape index (κ2) is 8.80. The molecule has 0 radical (unpaired) electrons. The van der Waals surface area contributed by atoms with Crippen LogP contribution in [-0.2, 0) is 4.74 Å². The summed E-state index contributed by atoms with van der Waals surface area (Å²) in [5, 5.41) is 6.51. The molecule has 6 nitrogen and oxygen atoms in total. The van der Waals surface area contributed by atoms with Gasteiger partial charge in [-0.05, 0) is 30.7 Å². The summed E-state index contributed by atoms with van der Waals surface area (Å²) in [6.07, 6.45) is 0.983. The van der Waals surface area contributed by atoms with Gasteiger partial charge in [-0.15, -0.1) is 0 Å². The van der Waals surface area contributed by atoms with Crippen LogP contribution in [0, 0.1) is 0 Å². The van der Waals surface area contributed by atoms with Gasteiger partial charge in [0.25, 0.3) is 0 Å². The van der Waals surface area contributed by atoms with Crippen molar-refractivity contribution in [3.8, 4) is 11.3 Å². The van der Waals surface area contributed by atoms with Crippen LogP contribution in [0.15, 0.2) is 60.7 Å². The molecule has 3 aromatic rings. The maximum absolute atomic E-state index is 11.6. The summed E-state index contributed by atoms with van der Waals surface area (Å²) in [5.41, 5.74) is 3.17. The minimum Gasteiger partial charge on any atom is -0.465 e. The van der Waals surface area contributed by atoms with Crippen LogP contribution in [0.25, 0.3) is 11.3 Å². The number of carbonyl (C=O) groups is 1. The zero-order valence-corrected chi connectivity index (χ0v) is 15.4. The first kappa shape index (κ1) is 18.4. The zero-order chi connectivity index (χ0) is 19.1. The van der Waals surface area contributed by atoms with Gasteiger partial charge in [0.1, 0.15) is 5.82 Å². The molecule has 27 heavy (non-hydrogen) atoms. The number of aromatic nitrogens is 2. The number of hydrogen-bond donors (Lipinski definition) is 2. The van der Waals surface area contributed by atoms with Crippen LogP contribution in [-0.4, -0.2) is 29.6 Å². The first-order chi connectivity index (χ1) is 13.2. The van der Waals surface area contributed by atoms with Gasteiger partial charge in [0.2, 0.25) is 5.95 Å². The van der Waals surface area contributed by atoms with E-state index < -0.39 is 0 Å². The van der Waals surface area contributed by atoms with Gasteiger partial charge < -0.3 is 15.4 Å². The van der Waals surface area contributed by atoms with Gasteiger partial charge >= 0.3 is 5.97 Å². The van der Waals surface area contributed by atoms with Crippen molar-refractivity contribution >= 4 is 23.4 Å². The summed E-state index contributed by atoms with van der Waals surface area (Å²) in [6, 6.07) is 18.9. The Kier molecular flexibility index (Phi) is 5.99. The molecule has 0 aliphatic rings. The monoisotopic (exact) mass is 362 g/mol. The van der Waals surface area contributed by atoms with Crippen LogP contribution < -0.4 is 10.6 Å². The lowest BCUT2D eigenvalue weighted by Crippen LogP contribution is -2.07. The zero-order valence-electron chi connectivity index (χ0n) is 15.4. The molecule has 1 heterocycles. The normalized spacial score (nSPS) is 10.3. The highest BCUT2D eigenvalue weighted by Crippen LogP contribution is 2.24. The average Bonchev–Trinajstić information content (AvgIpc) is 2.72. The Morgan fingerprint density at radius 2 is 1.78 bits per heavy atom. The van der Waals surface area contributed by atoms with Crippen molar-refractivity contribution in [2.45, 2.75) is 13.3 Å². The Morgan fingerprint density at radius 3 is 2.44 bits per heavy atom. The minimum atomic E-state index is -0.360. The highest BCUT2D eigenvalue weighted by Gasteiger charge is 2.08. The summed E-state index contributed by atoms with van der Waals surface area (Å²) in [5.74, 6) is 0.890. The summed E-state index contributed by atoms with van der Waals surface area (Å²) in [7, 11) is 1.37. The van der Waals surface area contributed by atoms with E-state index in [1.165, 1.54) is 7.11 Å². The molecule has 2 N–H and O–H groups in total. The SMILES string of the molecule is CCCNc1nc(Nc2ccc(C(=O)OC)cc2)cc(-c2ccccc2)n1. The predicted octanol–water partition coefficient (Wildman–Crippen LogP) is 4.50. The first-order valence-electron chi connectivity index (χ1n) is 8.83. The standard InChI is InChI=1S/C21H22N4O2/c1-3-13-22-21-24-18(15-7-5-4-6-8-15)14-19(25-21)23-17-11-9-16(10-12-17)20(26)27-2/h4-12,14H,3,13H2,1-2H3,(H2,22,23,24,25). The summed E-state index contributed by atoms with van der Waals surface area (Å²) in [4.78, 5) is 20.7. The maximum Gasteiger partial charge on any atom is 0.337 e. The number of carbonyl (C=O) groups excluding carboxylic acids is 1. The van der Waals surface area contributed by atoms with Gasteiger partial charge in [0.15, 0.2) is 0 Å². The van der Waals surface area contributed by atoms with Gasteiger partial charge in [-0.2, -0.15) is 4.98 Å². The van der Waals surface area contributed by atoms with Crippen molar-refractivity contribution in [3.05, 3.63) is 66.2 Å². The molecule has 0 saturated carbocycles. The van der Waals surface area contributed by atoms with Crippen molar-refractivity contribution in [1.29, 1.82) is 0 Å². The Balaban J connectivity index is 1.88. The molecule has 1 aromatic heterocycles. The molecule has 138 valence electrons. The fourth-order valence-electron chi connectivity index (χ4n) is 2.54. The number of hydrogen-bond acceptors (Lipinski definition) is 6. The van der Waals surface area contributed by atoms with Gasteiger partial charge in [0.05, 0.1) is 18.4 Å². The third kappa shape index (κ3) is 4.82. The quantitative estimate of drug-likeness (QED) is 0.603. The van der Waals surface area contributed by atoms with Crippen LogP contribution in [0.4, 0.5) is 17.5 Å². The van der Waals surface area contributed by atoms with Crippen molar-refractivity contribution in [3.63, 3.8) is 0 Å². The first-order valence-corrected chi connectivity index (χ1v) is 8.83. The molecule has 0 fully saturated rings. The van der Waals surface area contributed by atoms with Crippen LogP contribution in [0.5, 0.6) is 0 Å². The molecule has 0 atom stereocenters. The van der Waals surface area contributed by atoms with Gasteiger partial charge in [-0.1, -0.05) is 37.3 Å². The molecule has 6 heteroatoms. The van der Waals surface area contributed by atoms with Crippen molar-refractivity contribution < 1.29 is 9.53 Å². The largest absolute Gasteiger partial charge is 0.465 e. The lowest BCUT2D eigenvalue weighted by molar-refractivity contribution is 0.0601. The molecule has 0 aliphatic heterocycles. The minimum absolute atomic E-state index is 0.360. The topological polar surface area (TPSA) is 76.1 Å². The van der Waals surface area contributed by atoms with Gasteiger partial charge in [-0.3, -0.25) is 0 Å². The number of rotatable bonds is 7. The Morgan fingerprint density at radius 1 is 1.04 bits per heavy atom.